The third kappa shape index (κ3) is 4.85. The third-order valence-corrected chi connectivity index (χ3v) is 7.64. The molecule has 7 heteroatoms. The molecule has 0 spiro atoms. The number of anilines is 1. The second-order valence-corrected chi connectivity index (χ2v) is 9.86. The number of benzene rings is 2. The summed E-state index contributed by atoms with van der Waals surface area (Å²) in [6, 6.07) is 8.80. The normalized spacial score (nSPS) is 21.4. The van der Waals surface area contributed by atoms with Crippen molar-refractivity contribution in [1.29, 1.82) is 0 Å². The molecule has 2 aromatic rings. The van der Waals surface area contributed by atoms with E-state index in [0.29, 0.717) is 37.4 Å². The van der Waals surface area contributed by atoms with Crippen molar-refractivity contribution in [3.8, 4) is 0 Å². The number of hydrogen-bond donors (Lipinski definition) is 2. The SMILES string of the molecule is O=C1CCC(Cc2ccc(N3CCC(Cc4ccc(F)c5c4CCNC5)CC3)c(F)c2)C(=O)N1. The maximum atomic E-state index is 15.0. The van der Waals surface area contributed by atoms with Crippen molar-refractivity contribution in [3.05, 3.63) is 64.2 Å². The molecule has 3 heterocycles. The zero-order valence-corrected chi connectivity index (χ0v) is 19.3. The smallest absolute Gasteiger partial charge is 0.230 e. The predicted octanol–water partition coefficient (Wildman–Crippen LogP) is 3.66. The number of carbonyl (C=O) groups is 2. The number of amides is 2. The second-order valence-electron chi connectivity index (χ2n) is 9.86. The van der Waals surface area contributed by atoms with E-state index >= 15 is 0 Å². The fourth-order valence-electron chi connectivity index (χ4n) is 5.67. The molecular weight excluding hydrogens is 436 g/mol. The van der Waals surface area contributed by atoms with Gasteiger partial charge in [0.1, 0.15) is 11.6 Å². The van der Waals surface area contributed by atoms with Gasteiger partial charge in [-0.05, 0) is 85.9 Å². The summed E-state index contributed by atoms with van der Waals surface area (Å²) in [4.78, 5) is 25.4. The van der Waals surface area contributed by atoms with E-state index in [1.165, 1.54) is 17.2 Å². The van der Waals surface area contributed by atoms with Gasteiger partial charge >= 0.3 is 0 Å². The Kier molecular flexibility index (Phi) is 6.63. The summed E-state index contributed by atoms with van der Waals surface area (Å²) >= 11 is 0. The van der Waals surface area contributed by atoms with Gasteiger partial charge in [0.2, 0.25) is 11.8 Å². The lowest BCUT2D eigenvalue weighted by atomic mass is 9.85. The standard InChI is InChI=1S/C27H31F2N3O2/c28-23-4-2-19(21-7-10-30-16-22(21)23)13-17-8-11-32(12-9-17)25-5-1-18(15-24(25)29)14-20-3-6-26(33)31-27(20)34/h1-2,4-5,15,17,20,30H,3,6-14,16H2,(H,31,33,34). The van der Waals surface area contributed by atoms with Gasteiger partial charge < -0.3 is 10.2 Å². The van der Waals surface area contributed by atoms with E-state index in [0.717, 1.165) is 56.4 Å². The third-order valence-electron chi connectivity index (χ3n) is 7.64. The molecule has 2 aromatic carbocycles. The van der Waals surface area contributed by atoms with Crippen LogP contribution in [0.3, 0.4) is 0 Å². The highest BCUT2D eigenvalue weighted by Gasteiger charge is 2.28. The van der Waals surface area contributed by atoms with Gasteiger partial charge in [0.05, 0.1) is 5.69 Å². The average molecular weight is 468 g/mol. The van der Waals surface area contributed by atoms with Gasteiger partial charge in [-0.2, -0.15) is 0 Å². The van der Waals surface area contributed by atoms with Crippen LogP contribution in [0.4, 0.5) is 14.5 Å². The summed E-state index contributed by atoms with van der Waals surface area (Å²) in [6.07, 6.45) is 5.06. The molecule has 0 saturated carbocycles. The van der Waals surface area contributed by atoms with Crippen molar-refractivity contribution in [2.45, 2.75) is 51.5 Å². The molecule has 0 aliphatic carbocycles. The quantitative estimate of drug-likeness (QED) is 0.659. The second kappa shape index (κ2) is 9.82. The molecular formula is C27H31F2N3O2. The molecule has 3 aliphatic rings. The lowest BCUT2D eigenvalue weighted by molar-refractivity contribution is -0.136. The number of hydrogen-bond acceptors (Lipinski definition) is 4. The van der Waals surface area contributed by atoms with E-state index in [-0.39, 0.29) is 29.4 Å². The Bertz CT molecular complexity index is 1100. The van der Waals surface area contributed by atoms with Crippen LogP contribution < -0.4 is 15.5 Å². The molecule has 0 bridgehead atoms. The topological polar surface area (TPSA) is 61.4 Å². The van der Waals surface area contributed by atoms with Crippen LogP contribution in [0.5, 0.6) is 0 Å². The van der Waals surface area contributed by atoms with Crippen LogP contribution >= 0.6 is 0 Å². The summed E-state index contributed by atoms with van der Waals surface area (Å²) in [5.74, 6) is -0.646. The fourth-order valence-corrected chi connectivity index (χ4v) is 5.67. The molecule has 5 rings (SSSR count). The molecule has 3 aliphatic heterocycles. The van der Waals surface area contributed by atoms with Crippen LogP contribution in [0.1, 0.15) is 47.9 Å². The number of fused-ring (bicyclic) bond motifs is 1. The monoisotopic (exact) mass is 467 g/mol. The Morgan fingerprint density at radius 1 is 0.912 bits per heavy atom. The molecule has 0 aromatic heterocycles. The number of nitrogens with zero attached hydrogens (tertiary/aromatic N) is 1. The van der Waals surface area contributed by atoms with Gasteiger partial charge in [0.25, 0.3) is 0 Å². The minimum atomic E-state index is -0.285. The maximum absolute atomic E-state index is 15.0. The molecule has 0 radical (unpaired) electrons. The highest BCUT2D eigenvalue weighted by Crippen LogP contribution is 2.31. The minimum absolute atomic E-state index is 0.114. The van der Waals surface area contributed by atoms with Crippen molar-refractivity contribution in [1.82, 2.24) is 10.6 Å². The van der Waals surface area contributed by atoms with Crippen LogP contribution in [0.25, 0.3) is 0 Å². The van der Waals surface area contributed by atoms with Gasteiger partial charge in [-0.1, -0.05) is 12.1 Å². The number of piperidine rings is 2. The molecule has 1 unspecified atom stereocenters. The van der Waals surface area contributed by atoms with Crippen molar-refractivity contribution < 1.29 is 18.4 Å². The van der Waals surface area contributed by atoms with Crippen LogP contribution in [0.2, 0.25) is 0 Å². The molecule has 2 fully saturated rings. The largest absolute Gasteiger partial charge is 0.369 e. The minimum Gasteiger partial charge on any atom is -0.369 e. The summed E-state index contributed by atoms with van der Waals surface area (Å²) in [5, 5.41) is 5.62. The van der Waals surface area contributed by atoms with Crippen molar-refractivity contribution in [2.75, 3.05) is 24.5 Å². The van der Waals surface area contributed by atoms with E-state index in [2.05, 4.69) is 15.5 Å². The van der Waals surface area contributed by atoms with Crippen LogP contribution in [-0.2, 0) is 35.4 Å². The van der Waals surface area contributed by atoms with E-state index < -0.39 is 0 Å². The van der Waals surface area contributed by atoms with Crippen molar-refractivity contribution in [3.63, 3.8) is 0 Å². The summed E-state index contributed by atoms with van der Waals surface area (Å²) in [5.41, 5.74) is 4.65. The fraction of sp³-hybridized carbons (Fsp3) is 0.481. The van der Waals surface area contributed by atoms with E-state index in [4.69, 9.17) is 0 Å². The molecule has 1 atom stereocenters. The Balaban J connectivity index is 1.19. The number of rotatable bonds is 5. The van der Waals surface area contributed by atoms with Crippen molar-refractivity contribution >= 4 is 17.5 Å². The summed E-state index contributed by atoms with van der Waals surface area (Å²) in [6.45, 7) is 3.07. The predicted molar refractivity (Wildman–Crippen MR) is 126 cm³/mol. The molecule has 5 nitrogen and oxygen atoms in total. The average Bonchev–Trinajstić information content (AvgIpc) is 2.84. The molecule has 2 amide bonds. The van der Waals surface area contributed by atoms with E-state index in [9.17, 15) is 18.4 Å². The highest BCUT2D eigenvalue weighted by atomic mass is 19.1. The number of nitrogens with one attached hydrogen (secondary N) is 2. The maximum Gasteiger partial charge on any atom is 0.230 e. The van der Waals surface area contributed by atoms with Crippen LogP contribution in [0, 0.1) is 23.5 Å². The first-order valence-electron chi connectivity index (χ1n) is 12.3. The molecule has 2 N–H and O–H groups in total. The lowest BCUT2D eigenvalue weighted by Gasteiger charge is -2.34. The van der Waals surface area contributed by atoms with Crippen LogP contribution in [-0.4, -0.2) is 31.4 Å². The van der Waals surface area contributed by atoms with Gasteiger partial charge in [-0.25, -0.2) is 8.78 Å². The van der Waals surface area contributed by atoms with Gasteiger partial charge in [0.15, 0.2) is 0 Å². The Morgan fingerprint density at radius 2 is 1.74 bits per heavy atom. The summed E-state index contributed by atoms with van der Waals surface area (Å²) in [7, 11) is 0. The van der Waals surface area contributed by atoms with E-state index in [1.807, 2.05) is 18.2 Å². The molecule has 34 heavy (non-hydrogen) atoms. The van der Waals surface area contributed by atoms with E-state index in [1.54, 1.807) is 6.07 Å². The first-order chi connectivity index (χ1) is 16.5. The molecule has 180 valence electrons. The number of imide groups is 1. The van der Waals surface area contributed by atoms with Crippen LogP contribution in [0.15, 0.2) is 30.3 Å². The zero-order valence-electron chi connectivity index (χ0n) is 19.3. The van der Waals surface area contributed by atoms with Gasteiger partial charge in [-0.15, -0.1) is 0 Å². The first-order valence-corrected chi connectivity index (χ1v) is 12.3. The first kappa shape index (κ1) is 23.0. The highest BCUT2D eigenvalue weighted by molar-refractivity contribution is 5.98. The van der Waals surface area contributed by atoms with Crippen molar-refractivity contribution in [2.24, 2.45) is 11.8 Å². The summed E-state index contributed by atoms with van der Waals surface area (Å²) < 4.78 is 29.2. The molecule has 2 saturated heterocycles. The Morgan fingerprint density at radius 3 is 2.50 bits per heavy atom. The number of halogens is 2. The zero-order chi connectivity index (χ0) is 23.7. The Hall–Kier alpha value is -2.80. The Labute approximate surface area is 198 Å². The van der Waals surface area contributed by atoms with Gasteiger partial charge in [-0.3, -0.25) is 14.9 Å². The number of carbonyl (C=O) groups excluding carboxylic acids is 2. The lowest BCUT2D eigenvalue weighted by Crippen LogP contribution is -2.41. The van der Waals surface area contributed by atoms with Gasteiger partial charge in [0, 0.05) is 37.5 Å².